The second-order valence-electron chi connectivity index (χ2n) is 6.07. The van der Waals surface area contributed by atoms with Crippen LogP contribution in [0.3, 0.4) is 0 Å². The summed E-state index contributed by atoms with van der Waals surface area (Å²) in [5, 5.41) is 5.71. The average Bonchev–Trinajstić information content (AvgIpc) is 3.38. The van der Waals surface area contributed by atoms with Crippen molar-refractivity contribution in [3.8, 4) is 0 Å². The molecule has 1 atom stereocenters. The fourth-order valence-electron chi connectivity index (χ4n) is 2.49. The maximum atomic E-state index is 12.0. The number of amides is 3. The third-order valence-corrected chi connectivity index (χ3v) is 4.03. The summed E-state index contributed by atoms with van der Waals surface area (Å²) in [5.41, 5.74) is 6.73. The highest BCUT2D eigenvalue weighted by atomic mass is 35.5. The Labute approximate surface area is 149 Å². The summed E-state index contributed by atoms with van der Waals surface area (Å²) < 4.78 is 0. The molecule has 0 aliphatic heterocycles. The zero-order chi connectivity index (χ0) is 16.7. The Hall–Kier alpha value is -1.79. The van der Waals surface area contributed by atoms with Crippen molar-refractivity contribution < 1.29 is 9.59 Å². The maximum absolute atomic E-state index is 12.0. The van der Waals surface area contributed by atoms with Crippen LogP contribution >= 0.6 is 12.4 Å². The summed E-state index contributed by atoms with van der Waals surface area (Å²) in [6, 6.07) is 9.68. The van der Waals surface area contributed by atoms with Crippen LogP contribution in [0.15, 0.2) is 30.3 Å². The van der Waals surface area contributed by atoms with Gasteiger partial charge >= 0.3 is 6.03 Å². The molecule has 1 aliphatic carbocycles. The minimum absolute atomic E-state index is 0. The quantitative estimate of drug-likeness (QED) is 0.661. The third-order valence-electron chi connectivity index (χ3n) is 4.03. The Morgan fingerprint density at radius 2 is 1.96 bits per heavy atom. The molecule has 24 heavy (non-hydrogen) atoms. The van der Waals surface area contributed by atoms with Gasteiger partial charge in [0.2, 0.25) is 5.91 Å². The van der Waals surface area contributed by atoms with E-state index in [9.17, 15) is 9.59 Å². The van der Waals surface area contributed by atoms with Gasteiger partial charge in [0, 0.05) is 39.1 Å². The summed E-state index contributed by atoms with van der Waals surface area (Å²) >= 11 is 0. The molecule has 3 amide bonds. The predicted octanol–water partition coefficient (Wildman–Crippen LogP) is 1.49. The first-order valence-electron chi connectivity index (χ1n) is 8.12. The Kier molecular flexibility index (Phi) is 8.57. The van der Waals surface area contributed by atoms with E-state index in [1.165, 1.54) is 0 Å². The molecule has 1 fully saturated rings. The van der Waals surface area contributed by atoms with Crippen molar-refractivity contribution in [2.24, 2.45) is 11.7 Å². The van der Waals surface area contributed by atoms with Gasteiger partial charge in [-0.15, -0.1) is 12.4 Å². The fraction of sp³-hybridized carbons (Fsp3) is 0.529. The van der Waals surface area contributed by atoms with Gasteiger partial charge < -0.3 is 21.3 Å². The van der Waals surface area contributed by atoms with Gasteiger partial charge in [0.05, 0.1) is 0 Å². The summed E-state index contributed by atoms with van der Waals surface area (Å²) in [4.78, 5) is 25.4. The number of benzene rings is 1. The van der Waals surface area contributed by atoms with Gasteiger partial charge in [-0.05, 0) is 24.3 Å². The molecule has 7 heteroatoms. The van der Waals surface area contributed by atoms with Crippen LogP contribution in [-0.4, -0.2) is 43.0 Å². The van der Waals surface area contributed by atoms with Crippen molar-refractivity contribution in [2.75, 3.05) is 20.1 Å². The molecule has 4 N–H and O–H groups in total. The average molecular weight is 355 g/mol. The minimum Gasteiger partial charge on any atom is -0.352 e. The van der Waals surface area contributed by atoms with E-state index in [-0.39, 0.29) is 36.8 Å². The van der Waals surface area contributed by atoms with Crippen molar-refractivity contribution >= 4 is 24.3 Å². The number of hydrogen-bond acceptors (Lipinski definition) is 3. The van der Waals surface area contributed by atoms with E-state index in [2.05, 4.69) is 10.6 Å². The lowest BCUT2D eigenvalue weighted by molar-refractivity contribution is -0.121. The van der Waals surface area contributed by atoms with Gasteiger partial charge in [-0.1, -0.05) is 30.3 Å². The minimum atomic E-state index is -0.181. The maximum Gasteiger partial charge on any atom is 0.317 e. The first kappa shape index (κ1) is 20.3. The van der Waals surface area contributed by atoms with Gasteiger partial charge in [0.1, 0.15) is 0 Å². The van der Waals surface area contributed by atoms with E-state index in [4.69, 9.17) is 5.73 Å². The van der Waals surface area contributed by atoms with E-state index >= 15 is 0 Å². The molecular weight excluding hydrogens is 328 g/mol. The topological polar surface area (TPSA) is 87.5 Å². The molecule has 1 saturated carbocycles. The molecule has 1 aromatic rings. The van der Waals surface area contributed by atoms with Gasteiger partial charge in [-0.2, -0.15) is 0 Å². The molecule has 0 heterocycles. The summed E-state index contributed by atoms with van der Waals surface area (Å²) in [6.45, 7) is 1.34. The Bertz CT molecular complexity index is 523. The number of hydrogen-bond donors (Lipinski definition) is 3. The molecule has 0 spiro atoms. The molecule has 6 nitrogen and oxygen atoms in total. The van der Waals surface area contributed by atoms with Crippen LogP contribution < -0.4 is 16.4 Å². The highest BCUT2D eigenvalue weighted by Crippen LogP contribution is 2.32. The lowest BCUT2D eigenvalue weighted by Crippen LogP contribution is -2.43. The standard InChI is InChI=1S/C17H26N4O2.ClH/c1-21(12-13-5-3-2-4-6-13)17(23)19-10-9-16(22)20-15(11-18)14-7-8-14;/h2-6,14-15H,7-12,18H2,1H3,(H,19,23)(H,20,22);1H. The first-order chi connectivity index (χ1) is 11.1. The van der Waals surface area contributed by atoms with E-state index in [0.717, 1.165) is 18.4 Å². The van der Waals surface area contributed by atoms with E-state index in [0.29, 0.717) is 25.6 Å². The van der Waals surface area contributed by atoms with Crippen molar-refractivity contribution in [3.05, 3.63) is 35.9 Å². The normalized spacial score (nSPS) is 14.2. The van der Waals surface area contributed by atoms with Crippen molar-refractivity contribution in [3.63, 3.8) is 0 Å². The SMILES string of the molecule is CN(Cc1ccccc1)C(=O)NCCC(=O)NC(CN)C1CC1.Cl. The van der Waals surface area contributed by atoms with Gasteiger partial charge in [0.15, 0.2) is 0 Å². The molecule has 0 aromatic heterocycles. The number of urea groups is 1. The summed E-state index contributed by atoms with van der Waals surface area (Å²) in [6.07, 6.45) is 2.56. The second kappa shape index (κ2) is 10.2. The van der Waals surface area contributed by atoms with Crippen molar-refractivity contribution in [2.45, 2.75) is 31.8 Å². The molecule has 1 unspecified atom stereocenters. The number of rotatable bonds is 8. The lowest BCUT2D eigenvalue weighted by atomic mass is 10.2. The molecule has 0 saturated heterocycles. The van der Waals surface area contributed by atoms with Crippen LogP contribution in [0.25, 0.3) is 0 Å². The van der Waals surface area contributed by atoms with Crippen LogP contribution in [-0.2, 0) is 11.3 Å². The van der Waals surface area contributed by atoms with Crippen LogP contribution in [0.2, 0.25) is 0 Å². The highest BCUT2D eigenvalue weighted by molar-refractivity contribution is 5.85. The molecule has 1 aliphatic rings. The Morgan fingerprint density at radius 1 is 1.29 bits per heavy atom. The fourth-order valence-corrected chi connectivity index (χ4v) is 2.49. The van der Waals surface area contributed by atoms with E-state index in [1.54, 1.807) is 11.9 Å². The van der Waals surface area contributed by atoms with Crippen molar-refractivity contribution in [1.82, 2.24) is 15.5 Å². The molecule has 2 rings (SSSR count). The molecule has 0 bridgehead atoms. The molecular formula is C17H27ClN4O2. The second-order valence-corrected chi connectivity index (χ2v) is 6.07. The van der Waals surface area contributed by atoms with E-state index in [1.807, 2.05) is 30.3 Å². The zero-order valence-corrected chi connectivity index (χ0v) is 14.8. The highest BCUT2D eigenvalue weighted by Gasteiger charge is 2.31. The molecule has 0 radical (unpaired) electrons. The number of carbonyl (C=O) groups is 2. The largest absolute Gasteiger partial charge is 0.352 e. The van der Waals surface area contributed by atoms with Gasteiger partial charge in [-0.3, -0.25) is 4.79 Å². The third kappa shape index (κ3) is 6.76. The first-order valence-corrected chi connectivity index (χ1v) is 8.12. The van der Waals surface area contributed by atoms with Gasteiger partial charge in [-0.25, -0.2) is 4.79 Å². The smallest absolute Gasteiger partial charge is 0.317 e. The monoisotopic (exact) mass is 354 g/mol. The Morgan fingerprint density at radius 3 is 2.54 bits per heavy atom. The number of carbonyl (C=O) groups excluding carboxylic acids is 2. The van der Waals surface area contributed by atoms with Crippen LogP contribution in [0.5, 0.6) is 0 Å². The predicted molar refractivity (Wildman–Crippen MR) is 96.9 cm³/mol. The number of halogens is 1. The number of nitrogens with zero attached hydrogens (tertiary/aromatic N) is 1. The van der Waals surface area contributed by atoms with Crippen molar-refractivity contribution in [1.29, 1.82) is 0 Å². The van der Waals surface area contributed by atoms with Gasteiger partial charge in [0.25, 0.3) is 0 Å². The van der Waals surface area contributed by atoms with E-state index < -0.39 is 0 Å². The zero-order valence-electron chi connectivity index (χ0n) is 14.0. The lowest BCUT2D eigenvalue weighted by Gasteiger charge is -2.19. The van der Waals surface area contributed by atoms with Crippen LogP contribution in [0.4, 0.5) is 4.79 Å². The van der Waals surface area contributed by atoms with Crippen LogP contribution in [0, 0.1) is 5.92 Å². The van der Waals surface area contributed by atoms with Crippen LogP contribution in [0.1, 0.15) is 24.8 Å². The number of nitrogens with one attached hydrogen (secondary N) is 2. The molecule has 134 valence electrons. The molecule has 1 aromatic carbocycles. The summed E-state index contributed by atoms with van der Waals surface area (Å²) in [7, 11) is 1.74. The summed E-state index contributed by atoms with van der Waals surface area (Å²) in [5.74, 6) is 0.480. The Balaban J connectivity index is 0.00000288. The number of nitrogens with two attached hydrogens (primary N) is 1.